The molecular formula is C58H84N4O11S2. The van der Waals surface area contributed by atoms with E-state index in [-0.39, 0.29) is 18.9 Å². The standard InChI is InChI=1S/C31H40N2O5S.C24H34N2O5S.C2H6.CH4O/c1-4-7-16-27-32-30(34)29(31(35)33(27)28-23(5-2)14-11-15-24(28)6-3)39(36,37)26-19-17-25(18-20-26)38-21-22-12-9-8-10-13-22;1-4-7-11-20-25-23(28)22(32(30,31)19-14-12-18(27)13-15-19)24(29)26(20)21-16(5-2)9-8-10-17(21)6-3;2*1-2/h8-15,25-26,34H,4-7,16-21H2,1-3H3;8-10,18-19,27-28H,4-7,11-15H2,1-3H3;1-2H3;2H,1H3. The number of para-hydroxylation sites is 2. The third-order valence-electron chi connectivity index (χ3n) is 14.1. The highest BCUT2D eigenvalue weighted by atomic mass is 32.2. The molecule has 0 bridgehead atoms. The molecule has 2 aliphatic carbocycles. The Morgan fingerprint density at radius 3 is 1.25 bits per heavy atom. The van der Waals surface area contributed by atoms with Crippen molar-refractivity contribution >= 4 is 19.7 Å². The van der Waals surface area contributed by atoms with Crippen LogP contribution in [0.4, 0.5) is 0 Å². The Hall–Kier alpha value is -5.20. The molecule has 0 saturated heterocycles. The van der Waals surface area contributed by atoms with Crippen LogP contribution in [0.15, 0.2) is 86.1 Å². The summed E-state index contributed by atoms with van der Waals surface area (Å²) in [7, 11) is -7.23. The van der Waals surface area contributed by atoms with E-state index >= 15 is 0 Å². The SMILES string of the molecule is CC.CCCCc1nc(O)c(S(=O)(=O)C2CCC(O)CC2)c(=O)n1-c1c(CC)cccc1CC.CCCCc1nc(O)c(S(=O)(=O)C2CCC(OCc3ccccc3)CC2)c(=O)n1-c1c(CC)cccc1CC.CO. The van der Waals surface area contributed by atoms with Gasteiger partial charge in [-0.05, 0) is 118 Å². The number of benzene rings is 3. The van der Waals surface area contributed by atoms with Gasteiger partial charge in [-0.2, -0.15) is 9.97 Å². The molecule has 4 N–H and O–H groups in total. The number of aromatic hydroxyl groups is 2. The topological polar surface area (TPSA) is 228 Å². The van der Waals surface area contributed by atoms with E-state index in [0.717, 1.165) is 60.6 Å². The molecule has 0 radical (unpaired) electrons. The van der Waals surface area contributed by atoms with Crippen molar-refractivity contribution in [3.63, 3.8) is 0 Å². The van der Waals surface area contributed by atoms with E-state index in [1.54, 1.807) is 0 Å². The fourth-order valence-electron chi connectivity index (χ4n) is 10.0. The summed E-state index contributed by atoms with van der Waals surface area (Å²) in [6.45, 7) is 16.6. The van der Waals surface area contributed by atoms with Crippen LogP contribution in [-0.4, -0.2) is 86.2 Å². The third kappa shape index (κ3) is 14.8. The molecule has 0 amide bonds. The number of unbranched alkanes of at least 4 members (excludes halogenated alkanes) is 2. The summed E-state index contributed by atoms with van der Waals surface area (Å²) in [5.41, 5.74) is 4.77. The van der Waals surface area contributed by atoms with E-state index in [2.05, 4.69) is 9.97 Å². The molecule has 3 aromatic carbocycles. The van der Waals surface area contributed by atoms with Crippen molar-refractivity contribution in [3.8, 4) is 23.1 Å². The predicted octanol–water partition coefficient (Wildman–Crippen LogP) is 9.82. The molecule has 2 aliphatic rings. The normalized spacial score (nSPS) is 17.6. The molecule has 17 heteroatoms. The van der Waals surface area contributed by atoms with Gasteiger partial charge in [0.1, 0.15) is 11.6 Å². The number of aromatic nitrogens is 4. The van der Waals surface area contributed by atoms with Gasteiger partial charge in [0.25, 0.3) is 11.1 Å². The molecule has 2 fully saturated rings. The van der Waals surface area contributed by atoms with Crippen LogP contribution in [0, 0.1) is 0 Å². The second kappa shape index (κ2) is 29.9. The van der Waals surface area contributed by atoms with Crippen molar-refractivity contribution in [2.45, 2.75) is 210 Å². The lowest BCUT2D eigenvalue weighted by molar-refractivity contribution is 0.0174. The first kappa shape index (κ1) is 62.3. The van der Waals surface area contributed by atoms with Crippen molar-refractivity contribution < 1.29 is 42.0 Å². The Morgan fingerprint density at radius 1 is 0.547 bits per heavy atom. The zero-order valence-electron chi connectivity index (χ0n) is 45.8. The predicted molar refractivity (Wildman–Crippen MR) is 297 cm³/mol. The summed E-state index contributed by atoms with van der Waals surface area (Å²) in [5, 5.41) is 36.8. The number of hydrogen-bond acceptors (Lipinski definition) is 13. The van der Waals surface area contributed by atoms with Gasteiger partial charge in [-0.15, -0.1) is 0 Å². The van der Waals surface area contributed by atoms with Gasteiger partial charge in [-0.25, -0.2) is 16.8 Å². The minimum atomic E-state index is -4.12. The zero-order chi connectivity index (χ0) is 55.5. The average Bonchev–Trinajstić information content (AvgIpc) is 3.42. The quantitative estimate of drug-likeness (QED) is 0.0604. The van der Waals surface area contributed by atoms with Crippen molar-refractivity contribution in [1.29, 1.82) is 0 Å². The molecule has 15 nitrogen and oxygen atoms in total. The Kier molecular flexibility index (Phi) is 24.9. The summed E-state index contributed by atoms with van der Waals surface area (Å²) in [6, 6.07) is 21.6. The molecule has 75 heavy (non-hydrogen) atoms. The number of nitrogens with zero attached hydrogens (tertiary/aromatic N) is 4. The van der Waals surface area contributed by atoms with Gasteiger partial charge >= 0.3 is 0 Å². The number of ether oxygens (including phenoxy) is 1. The van der Waals surface area contributed by atoms with Gasteiger partial charge in [-0.1, -0.05) is 135 Å². The Balaban J connectivity index is 0.000000310. The summed E-state index contributed by atoms with van der Waals surface area (Å²) >= 11 is 0. The number of sulfone groups is 2. The Morgan fingerprint density at radius 2 is 0.907 bits per heavy atom. The molecule has 414 valence electrons. The molecule has 0 aliphatic heterocycles. The van der Waals surface area contributed by atoms with Crippen molar-refractivity contribution in [2.75, 3.05) is 7.11 Å². The lowest BCUT2D eigenvalue weighted by atomic mass is 9.97. The number of hydrogen-bond donors (Lipinski definition) is 4. The van der Waals surface area contributed by atoms with Crippen LogP contribution < -0.4 is 11.1 Å². The van der Waals surface area contributed by atoms with Crippen LogP contribution in [0.3, 0.4) is 0 Å². The van der Waals surface area contributed by atoms with E-state index < -0.39 is 68.9 Å². The van der Waals surface area contributed by atoms with E-state index in [0.29, 0.717) is 107 Å². The first-order chi connectivity index (χ1) is 36.1. The second-order valence-electron chi connectivity index (χ2n) is 18.8. The number of aliphatic hydroxyl groups excluding tert-OH is 2. The highest BCUT2D eigenvalue weighted by molar-refractivity contribution is 7.92. The van der Waals surface area contributed by atoms with E-state index in [9.17, 15) is 41.7 Å². The summed E-state index contributed by atoms with van der Waals surface area (Å²) in [5.74, 6) is -0.623. The van der Waals surface area contributed by atoms with Gasteiger partial charge in [0.15, 0.2) is 29.5 Å². The number of aliphatic hydroxyl groups is 2. The minimum absolute atomic E-state index is 0.0417. The van der Waals surface area contributed by atoms with Crippen LogP contribution >= 0.6 is 0 Å². The van der Waals surface area contributed by atoms with Gasteiger partial charge in [0.2, 0.25) is 11.8 Å². The Labute approximate surface area is 446 Å². The maximum absolute atomic E-state index is 14.1. The largest absolute Gasteiger partial charge is 0.492 e. The lowest BCUT2D eigenvalue weighted by Gasteiger charge is -2.28. The van der Waals surface area contributed by atoms with Crippen molar-refractivity contribution in [1.82, 2.24) is 19.1 Å². The van der Waals surface area contributed by atoms with Gasteiger partial charge < -0.3 is 25.2 Å². The van der Waals surface area contributed by atoms with Gasteiger partial charge in [0, 0.05) is 20.0 Å². The molecule has 5 aromatic rings. The van der Waals surface area contributed by atoms with Crippen LogP contribution in [0.5, 0.6) is 11.8 Å². The van der Waals surface area contributed by atoms with E-state index in [4.69, 9.17) is 9.84 Å². The summed E-state index contributed by atoms with van der Waals surface area (Å²) < 4.78 is 63.6. The maximum Gasteiger partial charge on any atom is 0.280 e. The summed E-state index contributed by atoms with van der Waals surface area (Å²) in [4.78, 5) is 35.3. The molecule has 2 heterocycles. The van der Waals surface area contributed by atoms with E-state index in [1.807, 2.05) is 122 Å². The van der Waals surface area contributed by atoms with Gasteiger partial charge in [0.05, 0.1) is 40.7 Å². The van der Waals surface area contributed by atoms with Gasteiger partial charge in [-0.3, -0.25) is 18.7 Å². The third-order valence-corrected chi connectivity index (χ3v) is 18.7. The van der Waals surface area contributed by atoms with Crippen LogP contribution in [0.1, 0.15) is 172 Å². The highest BCUT2D eigenvalue weighted by Gasteiger charge is 2.39. The molecule has 2 aromatic heterocycles. The lowest BCUT2D eigenvalue weighted by Crippen LogP contribution is -2.36. The molecule has 7 rings (SSSR count). The van der Waals surface area contributed by atoms with Crippen LogP contribution in [0.2, 0.25) is 0 Å². The number of aryl methyl sites for hydroxylation is 6. The van der Waals surface area contributed by atoms with Crippen molar-refractivity contribution in [2.24, 2.45) is 0 Å². The first-order valence-electron chi connectivity index (χ1n) is 27.2. The number of rotatable bonds is 19. The minimum Gasteiger partial charge on any atom is -0.492 e. The maximum atomic E-state index is 14.1. The van der Waals surface area contributed by atoms with Crippen LogP contribution in [0.25, 0.3) is 11.4 Å². The monoisotopic (exact) mass is 1080 g/mol. The first-order valence-corrected chi connectivity index (χ1v) is 30.3. The fourth-order valence-corrected chi connectivity index (χ4v) is 13.8. The molecule has 2 saturated carbocycles. The highest BCUT2D eigenvalue weighted by Crippen LogP contribution is 2.35. The van der Waals surface area contributed by atoms with Crippen LogP contribution in [-0.2, 0) is 69.5 Å². The smallest absolute Gasteiger partial charge is 0.280 e. The Bertz CT molecular complexity index is 2900. The molecular weight excluding hydrogens is 993 g/mol. The fraction of sp³-hybridized carbons (Fsp3) is 0.552. The molecule has 0 atom stereocenters. The second-order valence-corrected chi connectivity index (χ2v) is 23.2. The molecule has 0 spiro atoms. The van der Waals surface area contributed by atoms with E-state index in [1.165, 1.54) is 9.13 Å². The molecule has 0 unspecified atom stereocenters. The average molecular weight is 1080 g/mol. The summed E-state index contributed by atoms with van der Waals surface area (Å²) in [6.07, 6.45) is 9.44. The van der Waals surface area contributed by atoms with Crippen molar-refractivity contribution in [3.05, 3.63) is 127 Å². The zero-order valence-corrected chi connectivity index (χ0v) is 47.5.